The molecular weight excluding hydrogens is 382 g/mol. The van der Waals surface area contributed by atoms with Crippen LogP contribution in [-0.2, 0) is 17.9 Å². The van der Waals surface area contributed by atoms with Crippen LogP contribution >= 0.6 is 11.8 Å². The molecule has 0 fully saturated rings. The van der Waals surface area contributed by atoms with E-state index < -0.39 is 0 Å². The summed E-state index contributed by atoms with van der Waals surface area (Å²) in [6, 6.07) is 18.0. The predicted octanol–water partition coefficient (Wildman–Crippen LogP) is 3.99. The molecule has 2 heterocycles. The van der Waals surface area contributed by atoms with E-state index in [0.29, 0.717) is 12.3 Å². The number of nitrogens with zero attached hydrogens (tertiary/aromatic N) is 5. The topological polar surface area (TPSA) is 56.0 Å². The van der Waals surface area contributed by atoms with Crippen molar-refractivity contribution < 1.29 is 4.79 Å². The van der Waals surface area contributed by atoms with Crippen LogP contribution in [0.2, 0.25) is 0 Å². The molecule has 0 N–H and O–H groups in total. The van der Waals surface area contributed by atoms with Gasteiger partial charge in [0.15, 0.2) is 5.16 Å². The number of imidazole rings is 1. The van der Waals surface area contributed by atoms with Crippen molar-refractivity contribution >= 4 is 28.7 Å². The van der Waals surface area contributed by atoms with E-state index in [-0.39, 0.29) is 5.91 Å². The lowest BCUT2D eigenvalue weighted by atomic mass is 10.3. The summed E-state index contributed by atoms with van der Waals surface area (Å²) in [6.07, 6.45) is 3.77. The van der Waals surface area contributed by atoms with Gasteiger partial charge in [-0.25, -0.2) is 9.67 Å². The second-order valence-electron chi connectivity index (χ2n) is 6.79. The van der Waals surface area contributed by atoms with Crippen LogP contribution < -0.4 is 0 Å². The molecule has 0 aliphatic carbocycles. The van der Waals surface area contributed by atoms with Crippen molar-refractivity contribution in [3.8, 4) is 5.69 Å². The molecular formula is C22H23N5OS. The van der Waals surface area contributed by atoms with E-state index in [0.717, 1.165) is 34.0 Å². The number of rotatable bonds is 7. The van der Waals surface area contributed by atoms with E-state index in [1.807, 2.05) is 66.5 Å². The lowest BCUT2D eigenvalue weighted by Gasteiger charge is -2.16. The molecule has 7 heteroatoms. The number of thioether (sulfide) groups is 1. The van der Waals surface area contributed by atoms with Gasteiger partial charge in [-0.1, -0.05) is 42.1 Å². The largest absolute Gasteiger partial charge is 0.341 e. The molecule has 0 aliphatic heterocycles. The molecule has 6 nitrogen and oxygen atoms in total. The van der Waals surface area contributed by atoms with Gasteiger partial charge < -0.3 is 9.47 Å². The highest BCUT2D eigenvalue weighted by molar-refractivity contribution is 7.99. The number of carbonyl (C=O) groups is 1. The number of benzene rings is 2. The van der Waals surface area contributed by atoms with Crippen molar-refractivity contribution in [2.24, 2.45) is 0 Å². The number of hydrogen-bond acceptors (Lipinski definition) is 4. The van der Waals surface area contributed by atoms with Crippen molar-refractivity contribution in [3.05, 3.63) is 72.6 Å². The molecule has 1 amide bonds. The molecule has 148 valence electrons. The minimum atomic E-state index is 0.0668. The summed E-state index contributed by atoms with van der Waals surface area (Å²) in [7, 11) is 1.82. The fourth-order valence-corrected chi connectivity index (χ4v) is 4.25. The van der Waals surface area contributed by atoms with Crippen LogP contribution in [0, 0.1) is 0 Å². The summed E-state index contributed by atoms with van der Waals surface area (Å²) < 4.78 is 3.98. The highest BCUT2D eigenvalue weighted by Gasteiger charge is 2.15. The Balaban J connectivity index is 1.39. The minimum absolute atomic E-state index is 0.0668. The van der Waals surface area contributed by atoms with E-state index in [1.165, 1.54) is 11.8 Å². The molecule has 0 saturated heterocycles. The SMILES string of the molecule is CCn1c(SCC(=O)N(C)Cc2cnn(-c3ccccc3)c2)nc2ccccc21. The monoisotopic (exact) mass is 405 g/mol. The zero-order valence-electron chi connectivity index (χ0n) is 16.5. The number of aromatic nitrogens is 4. The maximum absolute atomic E-state index is 12.7. The van der Waals surface area contributed by atoms with Crippen LogP contribution in [0.1, 0.15) is 12.5 Å². The molecule has 0 unspecified atom stereocenters. The Bertz CT molecular complexity index is 1120. The number of aryl methyl sites for hydroxylation is 1. The molecule has 29 heavy (non-hydrogen) atoms. The quantitative estimate of drug-likeness (QED) is 0.436. The van der Waals surface area contributed by atoms with Crippen molar-refractivity contribution in [2.45, 2.75) is 25.2 Å². The van der Waals surface area contributed by atoms with Crippen molar-refractivity contribution in [3.63, 3.8) is 0 Å². The highest BCUT2D eigenvalue weighted by atomic mass is 32.2. The van der Waals surface area contributed by atoms with Crippen molar-refractivity contribution in [1.29, 1.82) is 0 Å². The molecule has 0 bridgehead atoms. The molecule has 0 atom stereocenters. The van der Waals surface area contributed by atoms with E-state index in [1.54, 1.807) is 11.1 Å². The fraction of sp³-hybridized carbons (Fsp3) is 0.227. The summed E-state index contributed by atoms with van der Waals surface area (Å²) >= 11 is 1.49. The summed E-state index contributed by atoms with van der Waals surface area (Å²) in [5.74, 6) is 0.421. The molecule has 2 aromatic heterocycles. The zero-order chi connectivity index (χ0) is 20.2. The van der Waals surface area contributed by atoms with Gasteiger partial charge >= 0.3 is 0 Å². The van der Waals surface area contributed by atoms with Crippen LogP contribution in [0.25, 0.3) is 16.7 Å². The number of fused-ring (bicyclic) bond motifs is 1. The Morgan fingerprint density at radius 1 is 1.10 bits per heavy atom. The number of hydrogen-bond donors (Lipinski definition) is 0. The van der Waals surface area contributed by atoms with Gasteiger partial charge in [-0.15, -0.1) is 0 Å². The summed E-state index contributed by atoms with van der Waals surface area (Å²) in [4.78, 5) is 19.1. The lowest BCUT2D eigenvalue weighted by Crippen LogP contribution is -2.27. The Labute approximate surface area is 174 Å². The third-order valence-electron chi connectivity index (χ3n) is 4.76. The molecule has 0 radical (unpaired) electrons. The van der Waals surface area contributed by atoms with Gasteiger partial charge in [0.25, 0.3) is 0 Å². The van der Waals surface area contributed by atoms with E-state index >= 15 is 0 Å². The van der Waals surface area contributed by atoms with Gasteiger partial charge in [-0.2, -0.15) is 5.10 Å². The lowest BCUT2D eigenvalue weighted by molar-refractivity contribution is -0.127. The maximum Gasteiger partial charge on any atom is 0.233 e. The van der Waals surface area contributed by atoms with Crippen LogP contribution in [0.5, 0.6) is 0 Å². The van der Waals surface area contributed by atoms with E-state index in [4.69, 9.17) is 0 Å². The third kappa shape index (κ3) is 4.19. The smallest absolute Gasteiger partial charge is 0.233 e. The summed E-state index contributed by atoms with van der Waals surface area (Å²) in [5, 5.41) is 5.28. The zero-order valence-corrected chi connectivity index (χ0v) is 17.3. The second kappa shape index (κ2) is 8.53. The molecule has 0 aliphatic rings. The second-order valence-corrected chi connectivity index (χ2v) is 7.74. The Kier molecular flexibility index (Phi) is 5.67. The van der Waals surface area contributed by atoms with Gasteiger partial charge in [0.1, 0.15) is 0 Å². The predicted molar refractivity (Wildman–Crippen MR) is 116 cm³/mol. The summed E-state index contributed by atoms with van der Waals surface area (Å²) in [6.45, 7) is 3.44. The van der Waals surface area contributed by atoms with E-state index in [9.17, 15) is 4.79 Å². The van der Waals surface area contributed by atoms with Crippen molar-refractivity contribution in [1.82, 2.24) is 24.2 Å². The standard InChI is InChI=1S/C22H23N5OS/c1-3-26-20-12-8-7-11-19(20)24-22(26)29-16-21(28)25(2)14-17-13-23-27(15-17)18-9-5-4-6-10-18/h4-13,15H,3,14,16H2,1-2H3. The van der Waals surface area contributed by atoms with Crippen LogP contribution in [0.4, 0.5) is 0 Å². The first kappa shape index (κ1) is 19.3. The number of para-hydroxylation sites is 3. The van der Waals surface area contributed by atoms with Gasteiger partial charge in [-0.3, -0.25) is 4.79 Å². The van der Waals surface area contributed by atoms with Crippen LogP contribution in [-0.4, -0.2) is 42.9 Å². The first-order valence-corrected chi connectivity index (χ1v) is 10.5. The maximum atomic E-state index is 12.7. The summed E-state index contributed by atoms with van der Waals surface area (Å²) in [5.41, 5.74) is 4.06. The van der Waals surface area contributed by atoms with Crippen LogP contribution in [0.15, 0.2) is 72.1 Å². The normalized spacial score (nSPS) is 11.1. The Morgan fingerprint density at radius 3 is 2.66 bits per heavy atom. The molecule has 2 aromatic carbocycles. The first-order valence-electron chi connectivity index (χ1n) is 9.56. The van der Waals surface area contributed by atoms with Gasteiger partial charge in [-0.05, 0) is 31.2 Å². The third-order valence-corrected chi connectivity index (χ3v) is 5.72. The van der Waals surface area contributed by atoms with Gasteiger partial charge in [0.2, 0.25) is 5.91 Å². The number of amides is 1. The van der Waals surface area contributed by atoms with Crippen molar-refractivity contribution in [2.75, 3.05) is 12.8 Å². The minimum Gasteiger partial charge on any atom is -0.341 e. The molecule has 0 saturated carbocycles. The van der Waals surface area contributed by atoms with Crippen LogP contribution in [0.3, 0.4) is 0 Å². The highest BCUT2D eigenvalue weighted by Crippen LogP contribution is 2.24. The molecule has 4 aromatic rings. The average molecular weight is 406 g/mol. The van der Waals surface area contributed by atoms with E-state index in [2.05, 4.69) is 27.6 Å². The van der Waals surface area contributed by atoms with Gasteiger partial charge in [0, 0.05) is 31.9 Å². The first-order chi connectivity index (χ1) is 14.2. The van der Waals surface area contributed by atoms with Gasteiger partial charge in [0.05, 0.1) is 28.7 Å². The number of carbonyl (C=O) groups excluding carboxylic acids is 1. The average Bonchev–Trinajstić information content (AvgIpc) is 3.36. The molecule has 0 spiro atoms. The molecule has 4 rings (SSSR count). The Morgan fingerprint density at radius 2 is 1.86 bits per heavy atom. The Hall–Kier alpha value is -3.06. The fourth-order valence-electron chi connectivity index (χ4n) is 3.23.